The lowest BCUT2D eigenvalue weighted by molar-refractivity contribution is 0.205. The highest BCUT2D eigenvalue weighted by Crippen LogP contribution is 2.15. The molecule has 0 saturated carbocycles. The standard InChI is InChI=1S/C18H30N2O/c1-14(2)10-12-20(13-11-15(3)4)18(21)19-17-9-7-6-8-16(17)5/h6-9,14-15H,10-13H2,1-5H3,(H,19,21). The first-order valence-electron chi connectivity index (χ1n) is 8.01. The minimum atomic E-state index is 0.0191. The van der Waals surface area contributed by atoms with Gasteiger partial charge in [0.05, 0.1) is 0 Å². The van der Waals surface area contributed by atoms with Gasteiger partial charge in [0, 0.05) is 18.8 Å². The fourth-order valence-electron chi connectivity index (χ4n) is 2.05. The number of hydrogen-bond donors (Lipinski definition) is 1. The summed E-state index contributed by atoms with van der Waals surface area (Å²) in [6.45, 7) is 12.4. The molecule has 3 nitrogen and oxygen atoms in total. The van der Waals surface area contributed by atoms with Crippen LogP contribution in [0.15, 0.2) is 24.3 Å². The number of aryl methyl sites for hydroxylation is 1. The molecule has 1 N–H and O–H groups in total. The van der Waals surface area contributed by atoms with E-state index in [1.165, 1.54) is 0 Å². The number of nitrogens with zero attached hydrogens (tertiary/aromatic N) is 1. The van der Waals surface area contributed by atoms with E-state index in [1.54, 1.807) is 0 Å². The summed E-state index contributed by atoms with van der Waals surface area (Å²) in [6.07, 6.45) is 2.08. The van der Waals surface area contributed by atoms with Gasteiger partial charge in [-0.05, 0) is 43.2 Å². The van der Waals surface area contributed by atoms with Crippen molar-refractivity contribution < 1.29 is 4.79 Å². The van der Waals surface area contributed by atoms with E-state index in [0.717, 1.165) is 37.2 Å². The molecule has 0 fully saturated rings. The van der Waals surface area contributed by atoms with Gasteiger partial charge in [-0.25, -0.2) is 4.79 Å². The molecule has 1 aromatic carbocycles. The number of para-hydroxylation sites is 1. The van der Waals surface area contributed by atoms with Crippen LogP contribution in [0.1, 0.15) is 46.1 Å². The van der Waals surface area contributed by atoms with E-state index < -0.39 is 0 Å². The number of carbonyl (C=O) groups is 1. The lowest BCUT2D eigenvalue weighted by atomic mass is 10.1. The molecule has 118 valence electrons. The van der Waals surface area contributed by atoms with Crippen LogP contribution in [0, 0.1) is 18.8 Å². The summed E-state index contributed by atoms with van der Waals surface area (Å²) in [4.78, 5) is 14.5. The molecule has 2 amide bonds. The maximum atomic E-state index is 12.5. The van der Waals surface area contributed by atoms with Gasteiger partial charge in [0.2, 0.25) is 0 Å². The maximum Gasteiger partial charge on any atom is 0.321 e. The predicted octanol–water partition coefficient (Wildman–Crippen LogP) is 4.92. The molecule has 3 heteroatoms. The average molecular weight is 290 g/mol. The zero-order chi connectivity index (χ0) is 15.8. The van der Waals surface area contributed by atoms with E-state index in [4.69, 9.17) is 0 Å². The van der Waals surface area contributed by atoms with Gasteiger partial charge in [-0.3, -0.25) is 0 Å². The molecule has 0 aliphatic rings. The zero-order valence-corrected chi connectivity index (χ0v) is 14.1. The molecular formula is C18H30N2O. The molecule has 0 spiro atoms. The van der Waals surface area contributed by atoms with Crippen LogP contribution in [0.3, 0.4) is 0 Å². The van der Waals surface area contributed by atoms with Crippen molar-refractivity contribution in [3.63, 3.8) is 0 Å². The van der Waals surface area contributed by atoms with Crippen molar-refractivity contribution in [3.05, 3.63) is 29.8 Å². The topological polar surface area (TPSA) is 32.3 Å². The van der Waals surface area contributed by atoms with Crippen LogP contribution < -0.4 is 5.32 Å². The van der Waals surface area contributed by atoms with E-state index in [-0.39, 0.29) is 6.03 Å². The highest BCUT2D eigenvalue weighted by molar-refractivity contribution is 5.90. The average Bonchev–Trinajstić information content (AvgIpc) is 2.40. The van der Waals surface area contributed by atoms with E-state index in [1.807, 2.05) is 36.1 Å². The molecule has 0 aromatic heterocycles. The number of amides is 2. The Balaban J connectivity index is 2.67. The summed E-state index contributed by atoms with van der Waals surface area (Å²) in [5.74, 6) is 1.22. The van der Waals surface area contributed by atoms with Crippen LogP contribution in [0.25, 0.3) is 0 Å². The number of hydrogen-bond acceptors (Lipinski definition) is 1. The van der Waals surface area contributed by atoms with E-state index >= 15 is 0 Å². The Labute approximate surface area is 129 Å². The van der Waals surface area contributed by atoms with Crippen LogP contribution in [-0.2, 0) is 0 Å². The zero-order valence-electron chi connectivity index (χ0n) is 14.1. The lowest BCUT2D eigenvalue weighted by Gasteiger charge is -2.25. The van der Waals surface area contributed by atoms with Crippen molar-refractivity contribution in [1.29, 1.82) is 0 Å². The third-order valence-corrected chi connectivity index (χ3v) is 3.63. The Morgan fingerprint density at radius 2 is 1.57 bits per heavy atom. The second-order valence-electron chi connectivity index (χ2n) is 6.60. The molecule has 0 saturated heterocycles. The van der Waals surface area contributed by atoms with E-state index in [2.05, 4.69) is 33.0 Å². The van der Waals surface area contributed by atoms with Crippen molar-refractivity contribution in [1.82, 2.24) is 4.90 Å². The van der Waals surface area contributed by atoms with Gasteiger partial charge in [0.25, 0.3) is 0 Å². The maximum absolute atomic E-state index is 12.5. The minimum absolute atomic E-state index is 0.0191. The first-order valence-corrected chi connectivity index (χ1v) is 8.01. The molecule has 0 heterocycles. The molecule has 0 aliphatic heterocycles. The van der Waals surface area contributed by atoms with Crippen molar-refractivity contribution in [2.24, 2.45) is 11.8 Å². The van der Waals surface area contributed by atoms with Gasteiger partial charge in [0.15, 0.2) is 0 Å². The highest BCUT2D eigenvalue weighted by atomic mass is 16.2. The van der Waals surface area contributed by atoms with Crippen molar-refractivity contribution in [2.45, 2.75) is 47.5 Å². The summed E-state index contributed by atoms with van der Waals surface area (Å²) >= 11 is 0. The molecule has 0 unspecified atom stereocenters. The third-order valence-electron chi connectivity index (χ3n) is 3.63. The molecule has 0 radical (unpaired) electrons. The number of carbonyl (C=O) groups excluding carboxylic acids is 1. The fraction of sp³-hybridized carbons (Fsp3) is 0.611. The third kappa shape index (κ3) is 6.65. The fourth-order valence-corrected chi connectivity index (χ4v) is 2.05. The van der Waals surface area contributed by atoms with Crippen LogP contribution >= 0.6 is 0 Å². The summed E-state index contributed by atoms with van der Waals surface area (Å²) in [6, 6.07) is 7.93. The summed E-state index contributed by atoms with van der Waals surface area (Å²) in [7, 11) is 0. The molecule has 1 rings (SSSR count). The molecule has 0 aliphatic carbocycles. The van der Waals surface area contributed by atoms with E-state index in [0.29, 0.717) is 11.8 Å². The first-order chi connectivity index (χ1) is 9.90. The van der Waals surface area contributed by atoms with Gasteiger partial charge >= 0.3 is 6.03 Å². The van der Waals surface area contributed by atoms with Crippen molar-refractivity contribution >= 4 is 11.7 Å². The van der Waals surface area contributed by atoms with Crippen molar-refractivity contribution in [3.8, 4) is 0 Å². The van der Waals surface area contributed by atoms with Crippen LogP contribution in [0.2, 0.25) is 0 Å². The lowest BCUT2D eigenvalue weighted by Crippen LogP contribution is -2.37. The summed E-state index contributed by atoms with van der Waals surface area (Å²) < 4.78 is 0. The first kappa shape index (κ1) is 17.5. The second kappa shape index (κ2) is 8.71. The van der Waals surface area contributed by atoms with Crippen molar-refractivity contribution in [2.75, 3.05) is 18.4 Å². The predicted molar refractivity (Wildman–Crippen MR) is 90.7 cm³/mol. The number of benzene rings is 1. The number of nitrogens with one attached hydrogen (secondary N) is 1. The monoisotopic (exact) mass is 290 g/mol. The Hall–Kier alpha value is -1.51. The van der Waals surface area contributed by atoms with Gasteiger partial charge < -0.3 is 10.2 Å². The summed E-state index contributed by atoms with van der Waals surface area (Å²) in [5.41, 5.74) is 2.00. The molecule has 0 atom stereocenters. The number of anilines is 1. The van der Waals surface area contributed by atoms with Gasteiger partial charge in [-0.15, -0.1) is 0 Å². The molecule has 21 heavy (non-hydrogen) atoms. The normalized spacial score (nSPS) is 11.0. The Bertz CT molecular complexity index is 429. The smallest absolute Gasteiger partial charge is 0.321 e. The van der Waals surface area contributed by atoms with Crippen LogP contribution in [-0.4, -0.2) is 24.0 Å². The van der Waals surface area contributed by atoms with Crippen LogP contribution in [0.5, 0.6) is 0 Å². The SMILES string of the molecule is Cc1ccccc1NC(=O)N(CCC(C)C)CCC(C)C. The van der Waals surface area contributed by atoms with Gasteiger partial charge in [-0.2, -0.15) is 0 Å². The minimum Gasteiger partial charge on any atom is -0.325 e. The van der Waals surface area contributed by atoms with Crippen LogP contribution in [0.4, 0.5) is 10.5 Å². The molecular weight excluding hydrogens is 260 g/mol. The Morgan fingerprint density at radius 3 is 2.05 bits per heavy atom. The highest BCUT2D eigenvalue weighted by Gasteiger charge is 2.15. The second-order valence-corrected chi connectivity index (χ2v) is 6.60. The van der Waals surface area contributed by atoms with Gasteiger partial charge in [0.1, 0.15) is 0 Å². The number of rotatable bonds is 7. The number of urea groups is 1. The molecule has 1 aromatic rings. The molecule has 0 bridgehead atoms. The van der Waals surface area contributed by atoms with E-state index in [9.17, 15) is 4.79 Å². The quantitative estimate of drug-likeness (QED) is 0.759. The Morgan fingerprint density at radius 1 is 1.05 bits per heavy atom. The Kier molecular flexibility index (Phi) is 7.27. The summed E-state index contributed by atoms with van der Waals surface area (Å²) in [5, 5.41) is 3.04. The largest absolute Gasteiger partial charge is 0.325 e. The van der Waals surface area contributed by atoms with Gasteiger partial charge in [-0.1, -0.05) is 45.9 Å².